The van der Waals surface area contributed by atoms with Crippen LogP contribution in [0.4, 0.5) is 10.1 Å². The molecule has 6 nitrogen and oxygen atoms in total. The molecule has 8 heteroatoms. The van der Waals surface area contributed by atoms with Crippen LogP contribution in [-0.4, -0.2) is 13.0 Å². The molecule has 120 valence electrons. The molecular weight excluding hydrogens is 323 g/mol. The molecular formula is C15H13FN2O4S. The van der Waals surface area contributed by atoms with Crippen molar-refractivity contribution in [3.8, 4) is 0 Å². The molecule has 0 atom stereocenters. The molecule has 0 saturated carbocycles. The minimum absolute atomic E-state index is 0.0634. The maximum Gasteiger partial charge on any atom is 0.419 e. The largest absolute Gasteiger partial charge is 0.419 e. The van der Waals surface area contributed by atoms with E-state index in [1.54, 1.807) is 6.07 Å². The van der Waals surface area contributed by atoms with Gasteiger partial charge in [-0.1, -0.05) is 0 Å². The van der Waals surface area contributed by atoms with Gasteiger partial charge in [-0.15, -0.1) is 0 Å². The number of nitrogens with one attached hydrogen (secondary N) is 1. The number of hydrogen-bond donors (Lipinski definition) is 1. The van der Waals surface area contributed by atoms with Gasteiger partial charge in [-0.3, -0.25) is 9.29 Å². The summed E-state index contributed by atoms with van der Waals surface area (Å²) in [5, 5.41) is 0. The summed E-state index contributed by atoms with van der Waals surface area (Å²) in [5.41, 5.74) is 1.12. The predicted molar refractivity (Wildman–Crippen MR) is 83.4 cm³/mol. The van der Waals surface area contributed by atoms with E-state index >= 15 is 0 Å². The highest BCUT2D eigenvalue weighted by atomic mass is 32.2. The fourth-order valence-electron chi connectivity index (χ4n) is 2.26. The molecule has 0 aliphatic carbocycles. The first-order valence-corrected chi connectivity index (χ1v) is 8.31. The molecule has 0 saturated heterocycles. The molecule has 0 radical (unpaired) electrons. The molecule has 0 fully saturated rings. The van der Waals surface area contributed by atoms with Crippen LogP contribution in [0.5, 0.6) is 0 Å². The summed E-state index contributed by atoms with van der Waals surface area (Å²) in [4.78, 5) is 11.6. The van der Waals surface area contributed by atoms with Crippen LogP contribution in [0.3, 0.4) is 0 Å². The fraction of sp³-hybridized carbons (Fsp3) is 0.133. The Morgan fingerprint density at radius 1 is 1.17 bits per heavy atom. The number of nitrogens with zero attached hydrogens (tertiary/aromatic N) is 1. The number of sulfonamides is 1. The smallest absolute Gasteiger partial charge is 0.408 e. The lowest BCUT2D eigenvalue weighted by Crippen LogP contribution is -2.13. The van der Waals surface area contributed by atoms with Crippen LogP contribution >= 0.6 is 0 Å². The summed E-state index contributed by atoms with van der Waals surface area (Å²) in [6, 6.07) is 9.05. The van der Waals surface area contributed by atoms with Gasteiger partial charge in [0.2, 0.25) is 0 Å². The van der Waals surface area contributed by atoms with Crippen molar-refractivity contribution in [2.24, 2.45) is 0 Å². The minimum atomic E-state index is -3.85. The van der Waals surface area contributed by atoms with Crippen molar-refractivity contribution in [3.63, 3.8) is 0 Å². The van der Waals surface area contributed by atoms with Crippen LogP contribution < -0.4 is 10.5 Å². The van der Waals surface area contributed by atoms with Gasteiger partial charge in [0.1, 0.15) is 5.82 Å². The van der Waals surface area contributed by atoms with Crippen LogP contribution in [-0.2, 0) is 16.6 Å². The van der Waals surface area contributed by atoms with Gasteiger partial charge in [0.25, 0.3) is 10.0 Å². The SMILES string of the molecule is CCn1c(=O)oc2cc(NS(=O)(=O)c3ccc(F)cc3)ccc21. The van der Waals surface area contributed by atoms with Crippen LogP contribution in [0, 0.1) is 5.82 Å². The summed E-state index contributed by atoms with van der Waals surface area (Å²) in [5.74, 6) is -1.02. The van der Waals surface area contributed by atoms with Crippen molar-refractivity contribution in [2.75, 3.05) is 4.72 Å². The first-order chi connectivity index (χ1) is 10.9. The zero-order valence-electron chi connectivity index (χ0n) is 12.1. The quantitative estimate of drug-likeness (QED) is 0.794. The van der Waals surface area contributed by atoms with E-state index in [0.717, 1.165) is 12.1 Å². The first kappa shape index (κ1) is 15.3. The number of rotatable bonds is 4. The zero-order chi connectivity index (χ0) is 16.6. The Morgan fingerprint density at radius 3 is 2.52 bits per heavy atom. The predicted octanol–water partition coefficient (Wildman–Crippen LogP) is 2.55. The summed E-state index contributed by atoms with van der Waals surface area (Å²) in [7, 11) is -3.85. The first-order valence-electron chi connectivity index (χ1n) is 6.82. The second-order valence-corrected chi connectivity index (χ2v) is 6.54. The van der Waals surface area contributed by atoms with Crippen molar-refractivity contribution in [3.05, 3.63) is 58.8 Å². The normalized spacial score (nSPS) is 11.7. The highest BCUT2D eigenvalue weighted by Crippen LogP contribution is 2.21. The van der Waals surface area contributed by atoms with E-state index in [0.29, 0.717) is 12.1 Å². The second-order valence-electron chi connectivity index (χ2n) is 4.85. The molecule has 0 amide bonds. The van der Waals surface area contributed by atoms with E-state index in [9.17, 15) is 17.6 Å². The number of aromatic nitrogens is 1. The Kier molecular flexibility index (Phi) is 3.69. The Balaban J connectivity index is 1.98. The van der Waals surface area contributed by atoms with Crippen molar-refractivity contribution >= 4 is 26.8 Å². The van der Waals surface area contributed by atoms with Gasteiger partial charge < -0.3 is 4.42 Å². The third kappa shape index (κ3) is 2.85. The molecule has 0 spiro atoms. The van der Waals surface area contributed by atoms with Gasteiger partial charge in [-0.2, -0.15) is 0 Å². The molecule has 3 rings (SSSR count). The van der Waals surface area contributed by atoms with Gasteiger partial charge in [-0.05, 0) is 43.3 Å². The van der Waals surface area contributed by atoms with E-state index in [1.165, 1.54) is 28.8 Å². The van der Waals surface area contributed by atoms with E-state index in [4.69, 9.17) is 4.42 Å². The van der Waals surface area contributed by atoms with Crippen LogP contribution in [0.1, 0.15) is 6.92 Å². The second kappa shape index (κ2) is 5.54. The molecule has 23 heavy (non-hydrogen) atoms. The molecule has 3 aromatic rings. The Hall–Kier alpha value is -2.61. The topological polar surface area (TPSA) is 81.3 Å². The molecule has 1 heterocycles. The Morgan fingerprint density at radius 2 is 1.87 bits per heavy atom. The number of hydrogen-bond acceptors (Lipinski definition) is 4. The number of halogens is 1. The van der Waals surface area contributed by atoms with E-state index in [-0.39, 0.29) is 16.2 Å². The summed E-state index contributed by atoms with van der Waals surface area (Å²) in [6.45, 7) is 2.26. The molecule has 0 unspecified atom stereocenters. The van der Waals surface area contributed by atoms with Crippen molar-refractivity contribution < 1.29 is 17.2 Å². The van der Waals surface area contributed by atoms with Gasteiger partial charge >= 0.3 is 5.76 Å². The van der Waals surface area contributed by atoms with Crippen molar-refractivity contribution in [1.29, 1.82) is 0 Å². The molecule has 1 N–H and O–H groups in total. The standard InChI is InChI=1S/C15H13FN2O4S/c1-2-18-13-8-5-11(9-14(13)22-15(18)19)17-23(20,21)12-6-3-10(16)4-7-12/h3-9,17H,2H2,1H3. The fourth-order valence-corrected chi connectivity index (χ4v) is 3.31. The molecule has 0 aliphatic rings. The van der Waals surface area contributed by atoms with E-state index in [1.807, 2.05) is 6.92 Å². The number of aryl methyl sites for hydroxylation is 1. The van der Waals surface area contributed by atoms with E-state index in [2.05, 4.69) is 4.72 Å². The lowest BCUT2D eigenvalue weighted by atomic mass is 10.3. The average Bonchev–Trinajstić information content (AvgIpc) is 2.81. The van der Waals surface area contributed by atoms with Gasteiger partial charge in [0.15, 0.2) is 5.58 Å². The van der Waals surface area contributed by atoms with Crippen LogP contribution in [0.15, 0.2) is 56.6 Å². The average molecular weight is 336 g/mol. The number of anilines is 1. The summed E-state index contributed by atoms with van der Waals surface area (Å²) in [6.07, 6.45) is 0. The zero-order valence-corrected chi connectivity index (χ0v) is 12.9. The third-order valence-electron chi connectivity index (χ3n) is 3.36. The lowest BCUT2D eigenvalue weighted by Gasteiger charge is -2.08. The monoisotopic (exact) mass is 336 g/mol. The molecule has 0 bridgehead atoms. The lowest BCUT2D eigenvalue weighted by molar-refractivity contribution is 0.513. The summed E-state index contributed by atoms with van der Waals surface area (Å²) >= 11 is 0. The molecule has 0 aliphatic heterocycles. The molecule has 1 aromatic heterocycles. The molecule has 2 aromatic carbocycles. The van der Waals surface area contributed by atoms with Crippen molar-refractivity contribution in [2.45, 2.75) is 18.4 Å². The minimum Gasteiger partial charge on any atom is -0.408 e. The summed E-state index contributed by atoms with van der Waals surface area (Å²) < 4.78 is 46.3. The maximum absolute atomic E-state index is 12.9. The number of benzene rings is 2. The third-order valence-corrected chi connectivity index (χ3v) is 4.76. The van der Waals surface area contributed by atoms with Crippen LogP contribution in [0.2, 0.25) is 0 Å². The van der Waals surface area contributed by atoms with Crippen LogP contribution in [0.25, 0.3) is 11.1 Å². The highest BCUT2D eigenvalue weighted by Gasteiger charge is 2.15. The highest BCUT2D eigenvalue weighted by molar-refractivity contribution is 7.92. The number of oxazole rings is 1. The Labute approximate surface area is 131 Å². The maximum atomic E-state index is 12.9. The van der Waals surface area contributed by atoms with Gasteiger partial charge in [-0.25, -0.2) is 17.6 Å². The van der Waals surface area contributed by atoms with Crippen molar-refractivity contribution in [1.82, 2.24) is 4.57 Å². The van der Waals surface area contributed by atoms with E-state index < -0.39 is 21.6 Å². The van der Waals surface area contributed by atoms with Gasteiger partial charge in [0, 0.05) is 12.6 Å². The number of fused-ring (bicyclic) bond motifs is 1. The Bertz CT molecular complexity index is 1020. The van der Waals surface area contributed by atoms with Gasteiger partial charge in [0.05, 0.1) is 16.1 Å².